The molecular formula is C23H32FN3O2. The summed E-state index contributed by atoms with van der Waals surface area (Å²) in [6, 6.07) is 6.24. The number of nitrogens with zero attached hydrogens (tertiary/aromatic N) is 2. The summed E-state index contributed by atoms with van der Waals surface area (Å²) in [5.74, 6) is 0.679. The Morgan fingerprint density at radius 2 is 1.76 bits per heavy atom. The fraction of sp³-hybridized carbons (Fsp3) is 0.652. The molecule has 3 aliphatic rings. The number of piperazine rings is 1. The molecule has 0 radical (unpaired) electrons. The van der Waals surface area contributed by atoms with Crippen molar-refractivity contribution in [2.45, 2.75) is 57.5 Å². The molecule has 2 amide bonds. The minimum atomic E-state index is -0.281. The van der Waals surface area contributed by atoms with Crippen LogP contribution in [0, 0.1) is 17.7 Å². The molecule has 1 aliphatic heterocycles. The molecule has 1 N–H and O–H groups in total. The number of carbonyl (C=O) groups excluding carboxylic acids is 2. The number of nitrogens with one attached hydrogen (secondary N) is 1. The third kappa shape index (κ3) is 4.80. The van der Waals surface area contributed by atoms with Crippen LogP contribution in [0.4, 0.5) is 4.39 Å². The summed E-state index contributed by atoms with van der Waals surface area (Å²) in [5, 5.41) is 3.04. The molecule has 1 saturated heterocycles. The second-order valence-corrected chi connectivity index (χ2v) is 8.83. The van der Waals surface area contributed by atoms with Gasteiger partial charge in [0.25, 0.3) is 0 Å². The highest BCUT2D eigenvalue weighted by molar-refractivity contribution is 5.82. The molecule has 158 valence electrons. The fourth-order valence-electron chi connectivity index (χ4n) is 5.03. The Balaban J connectivity index is 1.36. The van der Waals surface area contributed by atoms with Crippen molar-refractivity contribution in [3.05, 3.63) is 35.6 Å². The van der Waals surface area contributed by atoms with Crippen molar-refractivity contribution < 1.29 is 14.0 Å². The molecule has 2 saturated carbocycles. The Kier molecular flexibility index (Phi) is 6.48. The Hall–Kier alpha value is -1.95. The van der Waals surface area contributed by atoms with E-state index in [-0.39, 0.29) is 23.7 Å². The quantitative estimate of drug-likeness (QED) is 0.797. The van der Waals surface area contributed by atoms with Crippen LogP contribution < -0.4 is 5.32 Å². The van der Waals surface area contributed by atoms with Crippen LogP contribution in [0.2, 0.25) is 0 Å². The molecule has 0 aromatic heterocycles. The second kappa shape index (κ2) is 9.24. The predicted octanol–water partition coefficient (Wildman–Crippen LogP) is 2.95. The third-order valence-electron chi connectivity index (χ3n) is 6.94. The van der Waals surface area contributed by atoms with E-state index in [9.17, 15) is 14.0 Å². The largest absolute Gasteiger partial charge is 0.351 e. The van der Waals surface area contributed by atoms with Gasteiger partial charge in [-0.15, -0.1) is 0 Å². The van der Waals surface area contributed by atoms with E-state index in [1.807, 2.05) is 11.0 Å². The minimum absolute atomic E-state index is 0.0416. The zero-order chi connectivity index (χ0) is 20.2. The van der Waals surface area contributed by atoms with E-state index >= 15 is 0 Å². The maximum Gasteiger partial charge on any atom is 0.237 e. The summed E-state index contributed by atoms with van der Waals surface area (Å²) in [6.07, 6.45) is 7.76. The summed E-state index contributed by atoms with van der Waals surface area (Å²) in [4.78, 5) is 29.9. The summed E-state index contributed by atoms with van der Waals surface area (Å²) in [6.45, 7) is 3.30. The number of hydrogen-bond acceptors (Lipinski definition) is 3. The second-order valence-electron chi connectivity index (χ2n) is 8.83. The molecule has 0 bridgehead atoms. The molecule has 29 heavy (non-hydrogen) atoms. The molecule has 0 spiro atoms. The fourth-order valence-corrected chi connectivity index (χ4v) is 5.03. The number of hydrogen-bond donors (Lipinski definition) is 1. The number of rotatable bonds is 6. The molecule has 1 heterocycles. The van der Waals surface area contributed by atoms with Gasteiger partial charge in [-0.25, -0.2) is 4.39 Å². The van der Waals surface area contributed by atoms with Gasteiger partial charge in [0.1, 0.15) is 5.82 Å². The average Bonchev–Trinajstić information content (AvgIpc) is 3.20. The van der Waals surface area contributed by atoms with E-state index in [0.29, 0.717) is 18.4 Å². The lowest BCUT2D eigenvalue weighted by Crippen LogP contribution is -2.58. The van der Waals surface area contributed by atoms with Gasteiger partial charge in [0.15, 0.2) is 0 Å². The molecule has 1 aromatic carbocycles. The van der Waals surface area contributed by atoms with Crippen LogP contribution in [0.1, 0.15) is 50.5 Å². The number of carbonyl (C=O) groups is 2. The first-order valence-corrected chi connectivity index (χ1v) is 11.2. The summed E-state index contributed by atoms with van der Waals surface area (Å²) < 4.78 is 13.4. The molecular weight excluding hydrogens is 369 g/mol. The summed E-state index contributed by atoms with van der Waals surface area (Å²) >= 11 is 0. The van der Waals surface area contributed by atoms with Gasteiger partial charge in [0.2, 0.25) is 11.8 Å². The lowest BCUT2D eigenvalue weighted by atomic mass is 9.84. The van der Waals surface area contributed by atoms with Crippen LogP contribution in [0.3, 0.4) is 0 Å². The van der Waals surface area contributed by atoms with E-state index in [2.05, 4.69) is 10.2 Å². The first-order valence-electron chi connectivity index (χ1n) is 11.2. The third-order valence-corrected chi connectivity index (χ3v) is 6.94. The zero-order valence-corrected chi connectivity index (χ0v) is 17.1. The van der Waals surface area contributed by atoms with E-state index in [0.717, 1.165) is 57.4 Å². The monoisotopic (exact) mass is 401 g/mol. The van der Waals surface area contributed by atoms with Gasteiger partial charge in [-0.2, -0.15) is 0 Å². The highest BCUT2D eigenvalue weighted by atomic mass is 19.1. The van der Waals surface area contributed by atoms with Crippen LogP contribution in [0.25, 0.3) is 0 Å². The van der Waals surface area contributed by atoms with Crippen molar-refractivity contribution >= 4 is 11.8 Å². The highest BCUT2D eigenvalue weighted by Crippen LogP contribution is 2.32. The SMILES string of the molecule is O=C(NCc1cccc(F)c1)[C@H](C1CCCC1)N1CCN(C(=O)C2CCC2)CC1. The lowest BCUT2D eigenvalue weighted by molar-refractivity contribution is -0.141. The smallest absolute Gasteiger partial charge is 0.237 e. The summed E-state index contributed by atoms with van der Waals surface area (Å²) in [5.41, 5.74) is 0.777. The molecule has 0 unspecified atom stereocenters. The topological polar surface area (TPSA) is 52.7 Å². The van der Waals surface area contributed by atoms with Gasteiger partial charge in [-0.05, 0) is 49.3 Å². The molecule has 6 heteroatoms. The molecule has 1 atom stereocenters. The highest BCUT2D eigenvalue weighted by Gasteiger charge is 2.38. The van der Waals surface area contributed by atoms with Gasteiger partial charge in [0.05, 0.1) is 6.04 Å². The minimum Gasteiger partial charge on any atom is -0.351 e. The number of halogens is 1. The van der Waals surface area contributed by atoms with E-state index < -0.39 is 0 Å². The number of benzene rings is 1. The van der Waals surface area contributed by atoms with Crippen molar-refractivity contribution in [1.29, 1.82) is 0 Å². The first kappa shape index (κ1) is 20.3. The van der Waals surface area contributed by atoms with Crippen molar-refractivity contribution in [2.24, 2.45) is 11.8 Å². The van der Waals surface area contributed by atoms with Crippen LogP contribution in [-0.4, -0.2) is 53.8 Å². The van der Waals surface area contributed by atoms with Gasteiger partial charge < -0.3 is 10.2 Å². The molecule has 3 fully saturated rings. The van der Waals surface area contributed by atoms with Crippen LogP contribution in [0.5, 0.6) is 0 Å². The Labute approximate surface area is 172 Å². The molecule has 5 nitrogen and oxygen atoms in total. The maximum atomic E-state index is 13.4. The molecule has 1 aromatic rings. The van der Waals surface area contributed by atoms with Crippen molar-refractivity contribution in [3.8, 4) is 0 Å². The van der Waals surface area contributed by atoms with Gasteiger partial charge >= 0.3 is 0 Å². The van der Waals surface area contributed by atoms with Crippen molar-refractivity contribution in [2.75, 3.05) is 26.2 Å². The van der Waals surface area contributed by atoms with E-state index in [1.54, 1.807) is 6.07 Å². The van der Waals surface area contributed by atoms with Crippen molar-refractivity contribution in [3.63, 3.8) is 0 Å². The normalized spacial score (nSPS) is 22.3. The van der Waals surface area contributed by atoms with Gasteiger partial charge in [-0.1, -0.05) is 31.4 Å². The Morgan fingerprint density at radius 1 is 1.03 bits per heavy atom. The standard InChI is InChI=1S/C23H32FN3O2/c24-20-10-3-5-17(15-20)16-25-22(28)21(18-6-1-2-7-18)26-11-13-27(14-12-26)23(29)19-8-4-9-19/h3,5,10,15,18-19,21H,1-2,4,6-9,11-14,16H2,(H,25,28)/t21-/m0/s1. The average molecular weight is 402 g/mol. The molecule has 2 aliphatic carbocycles. The van der Waals surface area contributed by atoms with E-state index in [4.69, 9.17) is 0 Å². The van der Waals surface area contributed by atoms with Crippen molar-refractivity contribution in [1.82, 2.24) is 15.1 Å². The summed E-state index contributed by atoms with van der Waals surface area (Å²) in [7, 11) is 0. The number of amides is 2. The van der Waals surface area contributed by atoms with Crippen LogP contribution in [0.15, 0.2) is 24.3 Å². The Bertz CT molecular complexity index is 723. The van der Waals surface area contributed by atoms with Crippen LogP contribution >= 0.6 is 0 Å². The Morgan fingerprint density at radius 3 is 2.38 bits per heavy atom. The molecule has 4 rings (SSSR count). The maximum absolute atomic E-state index is 13.4. The predicted molar refractivity (Wildman–Crippen MR) is 109 cm³/mol. The van der Waals surface area contributed by atoms with Gasteiger partial charge in [0, 0.05) is 38.6 Å². The first-order chi connectivity index (χ1) is 14.1. The van der Waals surface area contributed by atoms with Gasteiger partial charge in [-0.3, -0.25) is 14.5 Å². The lowest BCUT2D eigenvalue weighted by Gasteiger charge is -2.42. The van der Waals surface area contributed by atoms with E-state index in [1.165, 1.54) is 31.4 Å². The van der Waals surface area contributed by atoms with Crippen LogP contribution in [-0.2, 0) is 16.1 Å². The zero-order valence-electron chi connectivity index (χ0n) is 17.1.